The third kappa shape index (κ3) is 9.71. The van der Waals surface area contributed by atoms with Gasteiger partial charge in [0.1, 0.15) is 23.9 Å². The number of hydrogen-bond donors (Lipinski definition) is 10. The van der Waals surface area contributed by atoms with Crippen molar-refractivity contribution in [1.29, 1.82) is 0 Å². The van der Waals surface area contributed by atoms with Gasteiger partial charge in [-0.2, -0.15) is 0 Å². The average Bonchev–Trinajstić information content (AvgIpc) is 3.40. The molecule has 4 unspecified atom stereocenters. The minimum Gasteiger partial charge on any atom is -0.508 e. The molecule has 0 spiro atoms. The molecule has 1 heterocycles. The highest BCUT2D eigenvalue weighted by Gasteiger charge is 2.30. The topological polar surface area (TPSA) is 271 Å². The van der Waals surface area contributed by atoms with Crippen LogP contribution in [0.2, 0.25) is 0 Å². The van der Waals surface area contributed by atoms with Crippen LogP contribution in [0, 0.1) is 0 Å². The van der Waals surface area contributed by atoms with Gasteiger partial charge in [0.15, 0.2) is 5.96 Å². The van der Waals surface area contributed by atoms with Crippen LogP contribution in [0.15, 0.2) is 59.7 Å². The molecule has 0 radical (unpaired) electrons. The molecule has 4 atom stereocenters. The Hall–Kier alpha value is -5.15. The summed E-state index contributed by atoms with van der Waals surface area (Å²) in [4.78, 5) is 58.1. The number of amides is 3. The Balaban J connectivity index is 1.70. The van der Waals surface area contributed by atoms with Gasteiger partial charge in [0.05, 0.1) is 12.6 Å². The van der Waals surface area contributed by atoms with Gasteiger partial charge in [-0.3, -0.25) is 19.4 Å². The second kappa shape index (κ2) is 15.9. The summed E-state index contributed by atoms with van der Waals surface area (Å²) in [5.74, 6) is -3.81. The fourth-order valence-electron chi connectivity index (χ4n) is 4.47. The highest BCUT2D eigenvalue weighted by Crippen LogP contribution is 2.19. The minimum absolute atomic E-state index is 0.000721. The molecule has 0 aliphatic heterocycles. The number of aromatic amines is 1. The third-order valence-electron chi connectivity index (χ3n) is 6.84. The van der Waals surface area contributed by atoms with E-state index in [-0.39, 0.29) is 37.5 Å². The molecule has 15 nitrogen and oxygen atoms in total. The number of carboxylic acid groups (broad SMARTS) is 1. The average molecular weight is 611 g/mol. The molecule has 3 aromatic rings. The largest absolute Gasteiger partial charge is 0.508 e. The number of phenolic OH excluding ortho intramolecular Hbond substituents is 1. The molecule has 15 heteroatoms. The van der Waals surface area contributed by atoms with Gasteiger partial charge in [0.25, 0.3) is 0 Å². The number of aromatic nitrogens is 1. The van der Waals surface area contributed by atoms with Gasteiger partial charge < -0.3 is 53.5 Å². The molecule has 0 aliphatic carbocycles. The van der Waals surface area contributed by atoms with E-state index in [0.29, 0.717) is 17.5 Å². The van der Waals surface area contributed by atoms with Crippen molar-refractivity contribution < 1.29 is 34.5 Å². The van der Waals surface area contributed by atoms with Crippen LogP contribution in [-0.4, -0.2) is 87.3 Å². The van der Waals surface area contributed by atoms with Crippen molar-refractivity contribution in [3.8, 4) is 5.75 Å². The van der Waals surface area contributed by atoms with Crippen LogP contribution in [0.1, 0.15) is 24.0 Å². The zero-order chi connectivity index (χ0) is 32.2. The summed E-state index contributed by atoms with van der Waals surface area (Å²) in [7, 11) is 0. The molecule has 2 aromatic carbocycles. The number of hydrogen-bond acceptors (Lipinski definition) is 8. The number of carbonyl (C=O) groups is 4. The van der Waals surface area contributed by atoms with Gasteiger partial charge in [-0.05, 0) is 42.2 Å². The molecule has 44 heavy (non-hydrogen) atoms. The zero-order valence-corrected chi connectivity index (χ0v) is 23.9. The summed E-state index contributed by atoms with van der Waals surface area (Å²) in [6, 6.07) is 8.06. The van der Waals surface area contributed by atoms with Gasteiger partial charge >= 0.3 is 5.97 Å². The normalized spacial score (nSPS) is 13.7. The number of carboxylic acids is 1. The lowest BCUT2D eigenvalue weighted by Crippen LogP contribution is -2.58. The first-order valence-corrected chi connectivity index (χ1v) is 13.9. The summed E-state index contributed by atoms with van der Waals surface area (Å²) < 4.78 is 0. The van der Waals surface area contributed by atoms with Gasteiger partial charge in [0.2, 0.25) is 17.7 Å². The highest BCUT2D eigenvalue weighted by atomic mass is 16.4. The Kier molecular flexibility index (Phi) is 12.1. The van der Waals surface area contributed by atoms with Crippen LogP contribution in [0.25, 0.3) is 10.9 Å². The number of nitrogens with zero attached hydrogens (tertiary/aromatic N) is 1. The first kappa shape index (κ1) is 33.4. The molecule has 3 rings (SSSR count). The van der Waals surface area contributed by atoms with Crippen LogP contribution < -0.4 is 33.2 Å². The third-order valence-corrected chi connectivity index (χ3v) is 6.84. The number of H-pyrrole nitrogens is 1. The molecule has 0 aliphatic rings. The van der Waals surface area contributed by atoms with Crippen LogP contribution >= 0.6 is 0 Å². The van der Waals surface area contributed by atoms with Crippen molar-refractivity contribution in [2.45, 2.75) is 49.9 Å². The Bertz CT molecular complexity index is 1470. The minimum atomic E-state index is -1.53. The lowest BCUT2D eigenvalue weighted by molar-refractivity contribution is -0.142. The predicted octanol–water partition coefficient (Wildman–Crippen LogP) is -1.43. The lowest BCUT2D eigenvalue weighted by atomic mass is 10.0. The van der Waals surface area contributed by atoms with E-state index in [4.69, 9.17) is 17.2 Å². The molecule has 13 N–H and O–H groups in total. The van der Waals surface area contributed by atoms with Crippen LogP contribution in [0.5, 0.6) is 5.75 Å². The highest BCUT2D eigenvalue weighted by molar-refractivity contribution is 5.94. The Labute approximate surface area is 252 Å². The van der Waals surface area contributed by atoms with E-state index in [1.807, 2.05) is 18.2 Å². The SMILES string of the molecule is NC(N)=NCCCC(N)C(=O)NC(Cc1ccc(O)cc1)C(=O)NC(CO)C(=O)NC(Cc1c[nH]c2ccccc12)C(=O)O. The second-order valence-electron chi connectivity index (χ2n) is 10.2. The van der Waals surface area contributed by atoms with Crippen molar-refractivity contribution in [1.82, 2.24) is 20.9 Å². The number of aliphatic hydroxyl groups is 1. The van der Waals surface area contributed by atoms with Gasteiger partial charge in [-0.15, -0.1) is 0 Å². The van der Waals surface area contributed by atoms with E-state index in [1.54, 1.807) is 24.4 Å². The molecular weight excluding hydrogens is 572 g/mol. The maximum atomic E-state index is 13.3. The maximum Gasteiger partial charge on any atom is 0.326 e. The number of guanidine groups is 1. The van der Waals surface area contributed by atoms with E-state index in [0.717, 1.165) is 10.9 Å². The quantitative estimate of drug-likeness (QED) is 0.0513. The summed E-state index contributed by atoms with van der Waals surface area (Å²) in [6.07, 6.45) is 2.16. The first-order valence-electron chi connectivity index (χ1n) is 13.9. The number of phenols is 1. The number of rotatable bonds is 16. The molecule has 0 saturated carbocycles. The number of carbonyl (C=O) groups excluding carboxylic acids is 3. The second-order valence-corrected chi connectivity index (χ2v) is 10.2. The summed E-state index contributed by atoms with van der Waals surface area (Å²) in [5.41, 5.74) is 18.6. The number of aliphatic imine (C=N–C) groups is 1. The van der Waals surface area contributed by atoms with Crippen LogP contribution in [0.3, 0.4) is 0 Å². The van der Waals surface area contributed by atoms with Crippen LogP contribution in [0.4, 0.5) is 0 Å². The molecule has 1 aromatic heterocycles. The van der Waals surface area contributed by atoms with E-state index in [2.05, 4.69) is 25.9 Å². The standard InChI is InChI=1S/C29H38N8O7/c30-20(5-3-11-33-29(31)32)25(40)35-22(12-16-7-9-18(39)10-8-16)26(41)37-24(15-38)27(42)36-23(28(43)44)13-17-14-34-21-6-2-1-4-19(17)21/h1-2,4,6-10,14,20,22-24,34,38-39H,3,5,11-13,15,30H2,(H,35,40)(H,36,42)(H,37,41)(H,43,44)(H4,31,32,33). The van der Waals surface area contributed by atoms with Gasteiger partial charge in [0, 0.05) is 36.5 Å². The fourth-order valence-corrected chi connectivity index (χ4v) is 4.47. The Morgan fingerprint density at radius 1 is 0.864 bits per heavy atom. The molecule has 0 saturated heterocycles. The number of nitrogens with two attached hydrogens (primary N) is 3. The van der Waals surface area contributed by atoms with Gasteiger partial charge in [-0.1, -0.05) is 30.3 Å². The number of fused-ring (bicyclic) bond motifs is 1. The number of benzene rings is 2. The van der Waals surface area contributed by atoms with Crippen molar-refractivity contribution in [2.24, 2.45) is 22.2 Å². The predicted molar refractivity (Wildman–Crippen MR) is 162 cm³/mol. The van der Waals surface area contributed by atoms with Crippen LogP contribution in [-0.2, 0) is 32.0 Å². The first-order chi connectivity index (χ1) is 21.0. The molecule has 0 bridgehead atoms. The molecule has 3 amide bonds. The number of aliphatic carboxylic acids is 1. The van der Waals surface area contributed by atoms with Crippen molar-refractivity contribution >= 4 is 40.6 Å². The monoisotopic (exact) mass is 610 g/mol. The Morgan fingerprint density at radius 3 is 2.16 bits per heavy atom. The van der Waals surface area contributed by atoms with Crippen molar-refractivity contribution in [3.05, 3.63) is 65.9 Å². The number of nitrogens with one attached hydrogen (secondary N) is 4. The van der Waals surface area contributed by atoms with E-state index < -0.39 is 54.5 Å². The number of para-hydroxylation sites is 1. The van der Waals surface area contributed by atoms with Crippen molar-refractivity contribution in [3.63, 3.8) is 0 Å². The molecular formula is C29H38N8O7. The van der Waals surface area contributed by atoms with E-state index >= 15 is 0 Å². The Morgan fingerprint density at radius 2 is 1.50 bits per heavy atom. The summed E-state index contributed by atoms with van der Waals surface area (Å²) >= 11 is 0. The van der Waals surface area contributed by atoms with E-state index in [1.165, 1.54) is 12.1 Å². The smallest absolute Gasteiger partial charge is 0.326 e. The van der Waals surface area contributed by atoms with Crippen molar-refractivity contribution in [2.75, 3.05) is 13.2 Å². The fraction of sp³-hybridized carbons (Fsp3) is 0.345. The van der Waals surface area contributed by atoms with Gasteiger partial charge in [-0.25, -0.2) is 4.79 Å². The zero-order valence-electron chi connectivity index (χ0n) is 23.9. The molecule has 0 fully saturated rings. The summed E-state index contributed by atoms with van der Waals surface area (Å²) in [6.45, 7) is -0.590. The maximum absolute atomic E-state index is 13.3. The van der Waals surface area contributed by atoms with E-state index in [9.17, 15) is 34.5 Å². The number of aliphatic hydroxyl groups excluding tert-OH is 1. The number of aromatic hydroxyl groups is 1. The summed E-state index contributed by atoms with van der Waals surface area (Å²) in [5, 5.41) is 37.5. The lowest BCUT2D eigenvalue weighted by Gasteiger charge is -2.24. The molecule has 236 valence electrons.